The maximum atomic E-state index is 13.3. The van der Waals surface area contributed by atoms with Gasteiger partial charge in [-0.2, -0.15) is 5.10 Å². The quantitative estimate of drug-likeness (QED) is 0.708. The number of nitrogens with zero attached hydrogens (tertiary/aromatic N) is 4. The van der Waals surface area contributed by atoms with Gasteiger partial charge in [0.15, 0.2) is 5.69 Å². The smallest absolute Gasteiger partial charge is 0.280 e. The van der Waals surface area contributed by atoms with E-state index in [1.165, 1.54) is 11.1 Å². The number of rotatable bonds is 2. The largest absolute Gasteiger partial charge is 0.440 e. The van der Waals surface area contributed by atoms with Crippen LogP contribution in [0.15, 0.2) is 28.9 Å². The van der Waals surface area contributed by atoms with E-state index in [0.29, 0.717) is 23.9 Å². The van der Waals surface area contributed by atoms with Crippen LogP contribution in [0.5, 0.6) is 0 Å². The number of amides is 1. The lowest BCUT2D eigenvalue weighted by Gasteiger charge is -2.31. The molecule has 6 nitrogen and oxygen atoms in total. The number of aromatic nitrogens is 3. The van der Waals surface area contributed by atoms with Gasteiger partial charge in [-0.1, -0.05) is 12.1 Å². The first-order chi connectivity index (χ1) is 12.5. The third-order valence-electron chi connectivity index (χ3n) is 5.08. The second-order valence-corrected chi connectivity index (χ2v) is 6.90. The van der Waals surface area contributed by atoms with Gasteiger partial charge >= 0.3 is 0 Å². The summed E-state index contributed by atoms with van der Waals surface area (Å²) in [6, 6.07) is 4.26. The molecule has 1 aliphatic rings. The van der Waals surface area contributed by atoms with Gasteiger partial charge < -0.3 is 9.32 Å². The highest BCUT2D eigenvalue weighted by Gasteiger charge is 2.29. The molecular formula is C20H22N4O2. The van der Waals surface area contributed by atoms with E-state index in [1.54, 1.807) is 17.8 Å². The fourth-order valence-electron chi connectivity index (χ4n) is 3.55. The van der Waals surface area contributed by atoms with Crippen LogP contribution in [0.3, 0.4) is 0 Å². The Morgan fingerprint density at radius 2 is 2.04 bits per heavy atom. The summed E-state index contributed by atoms with van der Waals surface area (Å²) in [5, 5.41) is 4.14. The molecule has 134 valence electrons. The van der Waals surface area contributed by atoms with Gasteiger partial charge in [0.1, 0.15) is 5.76 Å². The molecule has 0 N–H and O–H groups in total. The van der Waals surface area contributed by atoms with Crippen molar-refractivity contribution in [3.63, 3.8) is 0 Å². The summed E-state index contributed by atoms with van der Waals surface area (Å²) in [5.74, 6) is 0.861. The Hall–Kier alpha value is -2.89. The van der Waals surface area contributed by atoms with E-state index in [1.807, 2.05) is 18.1 Å². The highest BCUT2D eigenvalue weighted by Crippen LogP contribution is 2.34. The molecule has 0 unspecified atom stereocenters. The van der Waals surface area contributed by atoms with E-state index in [4.69, 9.17) is 4.42 Å². The van der Waals surface area contributed by atoms with Crippen molar-refractivity contribution in [1.29, 1.82) is 0 Å². The van der Waals surface area contributed by atoms with Crippen molar-refractivity contribution in [3.8, 4) is 11.5 Å². The molecule has 0 saturated heterocycles. The zero-order valence-corrected chi connectivity index (χ0v) is 15.5. The summed E-state index contributed by atoms with van der Waals surface area (Å²) >= 11 is 0. The average Bonchev–Trinajstić information content (AvgIpc) is 3.23. The zero-order chi connectivity index (χ0) is 18.4. The molecule has 0 radical (unpaired) electrons. The van der Waals surface area contributed by atoms with E-state index < -0.39 is 0 Å². The van der Waals surface area contributed by atoms with Crippen molar-refractivity contribution >= 4 is 11.6 Å². The number of hydrogen-bond donors (Lipinski definition) is 0. The van der Waals surface area contributed by atoms with Gasteiger partial charge in [-0.25, -0.2) is 4.98 Å². The topological polar surface area (TPSA) is 64.2 Å². The minimum atomic E-state index is -0.101. The highest BCUT2D eigenvalue weighted by atomic mass is 16.4. The maximum absolute atomic E-state index is 13.3. The summed E-state index contributed by atoms with van der Waals surface area (Å²) in [4.78, 5) is 19.6. The van der Waals surface area contributed by atoms with Crippen molar-refractivity contribution in [3.05, 3.63) is 52.7 Å². The summed E-state index contributed by atoms with van der Waals surface area (Å²) < 4.78 is 7.44. The van der Waals surface area contributed by atoms with Crippen LogP contribution in [0.4, 0.5) is 5.69 Å². The number of carbonyl (C=O) groups excluding carboxylic acids is 1. The third kappa shape index (κ3) is 2.62. The molecule has 6 heteroatoms. The van der Waals surface area contributed by atoms with Crippen molar-refractivity contribution < 1.29 is 9.21 Å². The van der Waals surface area contributed by atoms with Gasteiger partial charge in [-0.15, -0.1) is 0 Å². The van der Waals surface area contributed by atoms with Crippen LogP contribution >= 0.6 is 0 Å². The normalized spacial score (nSPS) is 13.8. The Morgan fingerprint density at radius 1 is 1.23 bits per heavy atom. The van der Waals surface area contributed by atoms with Gasteiger partial charge in [0.2, 0.25) is 5.89 Å². The lowest BCUT2D eigenvalue weighted by atomic mass is 9.95. The highest BCUT2D eigenvalue weighted by molar-refractivity contribution is 6.06. The van der Waals surface area contributed by atoms with Gasteiger partial charge in [0, 0.05) is 19.8 Å². The molecule has 4 rings (SSSR count). The maximum Gasteiger partial charge on any atom is 0.280 e. The molecule has 0 atom stereocenters. The Bertz CT molecular complexity index is 999. The van der Waals surface area contributed by atoms with Gasteiger partial charge in [0.25, 0.3) is 5.91 Å². The van der Waals surface area contributed by atoms with Crippen LogP contribution in [0.1, 0.15) is 39.4 Å². The number of oxazole rings is 1. The van der Waals surface area contributed by atoms with Crippen LogP contribution in [0, 0.1) is 20.8 Å². The van der Waals surface area contributed by atoms with Crippen LogP contribution in [-0.4, -0.2) is 27.2 Å². The standard InChI is InChI=1S/C20H22N4O2/c1-12-7-8-15-6-5-9-24(18(15)13(12)2)20(25)17-14(3)26-19(22-17)16-10-21-23(4)11-16/h7-8,10-11H,5-6,9H2,1-4H3. The fourth-order valence-corrected chi connectivity index (χ4v) is 3.55. The molecule has 26 heavy (non-hydrogen) atoms. The minimum absolute atomic E-state index is 0.101. The van der Waals surface area contributed by atoms with Gasteiger partial charge in [0.05, 0.1) is 17.4 Å². The lowest BCUT2D eigenvalue weighted by Crippen LogP contribution is -2.36. The summed E-state index contributed by atoms with van der Waals surface area (Å²) in [5.41, 5.74) is 5.74. The molecule has 1 aliphatic heterocycles. The Morgan fingerprint density at radius 3 is 2.77 bits per heavy atom. The lowest BCUT2D eigenvalue weighted by molar-refractivity contribution is 0.0979. The molecule has 0 spiro atoms. The van der Waals surface area contributed by atoms with Crippen LogP contribution < -0.4 is 4.90 Å². The summed E-state index contributed by atoms with van der Waals surface area (Å²) in [6.07, 6.45) is 5.46. The van der Waals surface area contributed by atoms with Crippen molar-refractivity contribution in [2.24, 2.45) is 7.05 Å². The van der Waals surface area contributed by atoms with Crippen molar-refractivity contribution in [2.45, 2.75) is 33.6 Å². The molecule has 0 aliphatic carbocycles. The SMILES string of the molecule is Cc1ccc2c(c1C)N(C(=O)c1nc(-c3cnn(C)c3)oc1C)CCC2. The number of benzene rings is 1. The number of anilines is 1. The van der Waals surface area contributed by atoms with Crippen molar-refractivity contribution in [2.75, 3.05) is 11.4 Å². The molecule has 1 amide bonds. The minimum Gasteiger partial charge on any atom is -0.440 e. The molecule has 3 aromatic rings. The van der Waals surface area contributed by atoms with E-state index in [2.05, 4.69) is 36.1 Å². The summed E-state index contributed by atoms with van der Waals surface area (Å²) in [7, 11) is 1.83. The van der Waals surface area contributed by atoms with E-state index >= 15 is 0 Å². The first kappa shape index (κ1) is 16.6. The van der Waals surface area contributed by atoms with Crippen LogP contribution in [-0.2, 0) is 13.5 Å². The number of carbonyl (C=O) groups is 1. The third-order valence-corrected chi connectivity index (χ3v) is 5.08. The predicted octanol–water partition coefficient (Wildman–Crippen LogP) is 3.59. The number of aryl methyl sites for hydroxylation is 4. The number of hydrogen-bond acceptors (Lipinski definition) is 4. The zero-order valence-electron chi connectivity index (χ0n) is 15.5. The summed E-state index contributed by atoms with van der Waals surface area (Å²) in [6.45, 7) is 6.64. The average molecular weight is 350 g/mol. The first-order valence-corrected chi connectivity index (χ1v) is 8.83. The molecule has 0 saturated carbocycles. The predicted molar refractivity (Wildman–Crippen MR) is 99.4 cm³/mol. The molecule has 3 heterocycles. The second kappa shape index (κ2) is 6.12. The molecule has 2 aromatic heterocycles. The van der Waals surface area contributed by atoms with Crippen molar-refractivity contribution in [1.82, 2.24) is 14.8 Å². The Balaban J connectivity index is 1.74. The monoisotopic (exact) mass is 350 g/mol. The number of fused-ring (bicyclic) bond motifs is 1. The second-order valence-electron chi connectivity index (χ2n) is 6.90. The van der Waals surface area contributed by atoms with Crippen LogP contribution in [0.2, 0.25) is 0 Å². The Kier molecular flexibility index (Phi) is 3.90. The molecular weight excluding hydrogens is 328 g/mol. The molecule has 1 aromatic carbocycles. The van der Waals surface area contributed by atoms with Gasteiger partial charge in [-0.05, 0) is 50.3 Å². The first-order valence-electron chi connectivity index (χ1n) is 8.83. The molecule has 0 fully saturated rings. The molecule has 0 bridgehead atoms. The fraction of sp³-hybridized carbons (Fsp3) is 0.350. The van der Waals surface area contributed by atoms with E-state index in [9.17, 15) is 4.79 Å². The van der Waals surface area contributed by atoms with E-state index in [-0.39, 0.29) is 5.91 Å². The van der Waals surface area contributed by atoms with E-state index in [0.717, 1.165) is 29.7 Å². The van der Waals surface area contributed by atoms with Gasteiger partial charge in [-0.3, -0.25) is 9.48 Å². The Labute approximate surface area is 152 Å². The van der Waals surface area contributed by atoms with Crippen LogP contribution in [0.25, 0.3) is 11.5 Å².